The largest absolute Gasteiger partial charge is 0.489 e. The Morgan fingerprint density at radius 3 is 3.06 bits per heavy atom. The van der Waals surface area contributed by atoms with Gasteiger partial charge in [0.05, 0.1) is 6.42 Å². The Morgan fingerprint density at radius 1 is 1.47 bits per heavy atom. The van der Waals surface area contributed by atoms with Crippen LogP contribution in [0.2, 0.25) is 0 Å². The van der Waals surface area contributed by atoms with Gasteiger partial charge in [-0.1, -0.05) is 6.07 Å². The van der Waals surface area contributed by atoms with Gasteiger partial charge in [-0.25, -0.2) is 0 Å². The van der Waals surface area contributed by atoms with Gasteiger partial charge in [0.25, 0.3) is 0 Å². The van der Waals surface area contributed by atoms with Crippen LogP contribution in [0.3, 0.4) is 0 Å². The van der Waals surface area contributed by atoms with E-state index in [0.717, 1.165) is 17.0 Å². The maximum absolute atomic E-state index is 10.4. The van der Waals surface area contributed by atoms with Crippen molar-refractivity contribution in [3.05, 3.63) is 29.8 Å². The lowest BCUT2D eigenvalue weighted by Crippen LogP contribution is -2.09. The van der Waals surface area contributed by atoms with Gasteiger partial charge >= 0.3 is 5.97 Å². The van der Waals surface area contributed by atoms with E-state index in [1.165, 1.54) is 0 Å². The fourth-order valence-electron chi connectivity index (χ4n) is 1.60. The van der Waals surface area contributed by atoms with Crippen LogP contribution in [-0.2, 0) is 4.79 Å². The van der Waals surface area contributed by atoms with Crippen molar-refractivity contribution in [3.63, 3.8) is 0 Å². The molecule has 0 radical (unpaired) electrons. The SMILES string of the molecule is Cl.O=C(O)CCNc1cccc2c1C=CCO2. The molecule has 0 saturated heterocycles. The van der Waals surface area contributed by atoms with E-state index in [9.17, 15) is 4.79 Å². The number of carboxylic acid groups (broad SMARTS) is 1. The first-order valence-corrected chi connectivity index (χ1v) is 5.15. The zero-order chi connectivity index (χ0) is 11.4. The third kappa shape index (κ3) is 3.39. The highest BCUT2D eigenvalue weighted by atomic mass is 35.5. The van der Waals surface area contributed by atoms with E-state index in [0.29, 0.717) is 13.2 Å². The first-order chi connectivity index (χ1) is 7.77. The van der Waals surface area contributed by atoms with Gasteiger partial charge in [0.2, 0.25) is 0 Å². The molecule has 0 bridgehead atoms. The number of hydrogen-bond donors (Lipinski definition) is 2. The number of carboxylic acids is 1. The van der Waals surface area contributed by atoms with Crippen LogP contribution in [0.25, 0.3) is 6.08 Å². The van der Waals surface area contributed by atoms with Gasteiger partial charge in [0, 0.05) is 17.8 Å². The van der Waals surface area contributed by atoms with Crippen LogP contribution in [0.1, 0.15) is 12.0 Å². The molecule has 1 aromatic rings. The first-order valence-electron chi connectivity index (χ1n) is 5.15. The van der Waals surface area contributed by atoms with Crippen molar-refractivity contribution in [2.75, 3.05) is 18.5 Å². The van der Waals surface area contributed by atoms with E-state index in [1.54, 1.807) is 0 Å². The van der Waals surface area contributed by atoms with E-state index in [1.807, 2.05) is 30.4 Å². The van der Waals surface area contributed by atoms with Crippen LogP contribution in [0.4, 0.5) is 5.69 Å². The standard InChI is InChI=1S/C12H13NO3.ClH/c14-12(15)6-7-13-10-4-1-5-11-9(10)3-2-8-16-11;/h1-5,13H,6-8H2,(H,14,15);1H. The molecule has 4 nitrogen and oxygen atoms in total. The monoisotopic (exact) mass is 255 g/mol. The van der Waals surface area contributed by atoms with E-state index >= 15 is 0 Å². The van der Waals surface area contributed by atoms with Crippen LogP contribution in [-0.4, -0.2) is 24.2 Å². The molecule has 0 fully saturated rings. The minimum atomic E-state index is -0.802. The number of carbonyl (C=O) groups is 1. The molecule has 1 aromatic carbocycles. The van der Waals surface area contributed by atoms with Crippen molar-refractivity contribution < 1.29 is 14.6 Å². The maximum Gasteiger partial charge on any atom is 0.305 e. The molecule has 1 aliphatic rings. The van der Waals surface area contributed by atoms with Crippen LogP contribution in [0, 0.1) is 0 Å². The quantitative estimate of drug-likeness (QED) is 0.867. The van der Waals surface area contributed by atoms with Crippen LogP contribution >= 0.6 is 12.4 Å². The molecule has 1 aliphatic heterocycles. The van der Waals surface area contributed by atoms with Gasteiger partial charge in [-0.15, -0.1) is 12.4 Å². The molecule has 0 atom stereocenters. The molecule has 0 aromatic heterocycles. The number of halogens is 1. The molecule has 1 heterocycles. The van der Waals surface area contributed by atoms with E-state index in [2.05, 4.69) is 5.32 Å². The maximum atomic E-state index is 10.4. The van der Waals surface area contributed by atoms with Gasteiger partial charge in [-0.3, -0.25) is 4.79 Å². The van der Waals surface area contributed by atoms with Gasteiger partial charge in [-0.05, 0) is 24.3 Å². The summed E-state index contributed by atoms with van der Waals surface area (Å²) in [5, 5.41) is 11.6. The molecular formula is C12H14ClNO3. The summed E-state index contributed by atoms with van der Waals surface area (Å²) in [5.41, 5.74) is 1.90. The molecule has 92 valence electrons. The molecule has 0 spiro atoms. The van der Waals surface area contributed by atoms with Crippen LogP contribution < -0.4 is 10.1 Å². The lowest BCUT2D eigenvalue weighted by molar-refractivity contribution is -0.136. The number of benzene rings is 1. The first kappa shape index (κ1) is 13.4. The second-order valence-corrected chi connectivity index (χ2v) is 3.50. The van der Waals surface area contributed by atoms with Crippen molar-refractivity contribution in [1.29, 1.82) is 0 Å². The fourth-order valence-corrected chi connectivity index (χ4v) is 1.60. The summed E-state index contributed by atoms with van der Waals surface area (Å²) < 4.78 is 5.45. The van der Waals surface area contributed by atoms with Gasteiger partial charge in [0.1, 0.15) is 12.4 Å². The zero-order valence-corrected chi connectivity index (χ0v) is 10.00. The summed E-state index contributed by atoms with van der Waals surface area (Å²) in [6, 6.07) is 5.71. The van der Waals surface area contributed by atoms with Gasteiger partial charge < -0.3 is 15.2 Å². The minimum Gasteiger partial charge on any atom is -0.489 e. The Morgan fingerprint density at radius 2 is 2.29 bits per heavy atom. The molecule has 0 saturated carbocycles. The number of nitrogens with one attached hydrogen (secondary N) is 1. The summed E-state index contributed by atoms with van der Waals surface area (Å²) >= 11 is 0. The highest BCUT2D eigenvalue weighted by Crippen LogP contribution is 2.30. The van der Waals surface area contributed by atoms with E-state index in [-0.39, 0.29) is 18.8 Å². The Hall–Kier alpha value is -1.68. The smallest absolute Gasteiger partial charge is 0.305 e. The third-order valence-electron chi connectivity index (χ3n) is 2.34. The van der Waals surface area contributed by atoms with E-state index < -0.39 is 5.97 Å². The highest BCUT2D eigenvalue weighted by Gasteiger charge is 2.09. The number of fused-ring (bicyclic) bond motifs is 1. The Kier molecular flexibility index (Phi) is 4.84. The Bertz CT molecular complexity index is 432. The van der Waals surface area contributed by atoms with Crippen molar-refractivity contribution in [1.82, 2.24) is 0 Å². The number of aliphatic carboxylic acids is 1. The highest BCUT2D eigenvalue weighted by molar-refractivity contribution is 5.85. The van der Waals surface area contributed by atoms with Crippen LogP contribution in [0.15, 0.2) is 24.3 Å². The molecular weight excluding hydrogens is 242 g/mol. The molecule has 2 N–H and O–H groups in total. The predicted octanol–water partition coefficient (Wildman–Crippen LogP) is 2.40. The van der Waals surface area contributed by atoms with Gasteiger partial charge in [0.15, 0.2) is 0 Å². The topological polar surface area (TPSA) is 58.6 Å². The lowest BCUT2D eigenvalue weighted by atomic mass is 10.1. The number of hydrogen-bond acceptors (Lipinski definition) is 3. The predicted molar refractivity (Wildman–Crippen MR) is 69.0 cm³/mol. The molecule has 0 aliphatic carbocycles. The second kappa shape index (κ2) is 6.15. The molecule has 17 heavy (non-hydrogen) atoms. The molecule has 5 heteroatoms. The van der Waals surface area contributed by atoms with Crippen LogP contribution in [0.5, 0.6) is 5.75 Å². The normalized spacial score (nSPS) is 12.0. The van der Waals surface area contributed by atoms with Crippen molar-refractivity contribution in [2.24, 2.45) is 0 Å². The lowest BCUT2D eigenvalue weighted by Gasteiger charge is -2.16. The van der Waals surface area contributed by atoms with Gasteiger partial charge in [-0.2, -0.15) is 0 Å². The average molecular weight is 256 g/mol. The number of ether oxygens (including phenoxy) is 1. The summed E-state index contributed by atoms with van der Waals surface area (Å²) in [6.45, 7) is 1.01. The van der Waals surface area contributed by atoms with Crippen molar-refractivity contribution in [3.8, 4) is 5.75 Å². The zero-order valence-electron chi connectivity index (χ0n) is 9.18. The molecule has 0 amide bonds. The summed E-state index contributed by atoms with van der Waals surface area (Å²) in [6.07, 6.45) is 4.03. The van der Waals surface area contributed by atoms with E-state index in [4.69, 9.17) is 9.84 Å². The number of rotatable bonds is 4. The Labute approximate surface area is 106 Å². The fraction of sp³-hybridized carbons (Fsp3) is 0.250. The molecule has 2 rings (SSSR count). The second-order valence-electron chi connectivity index (χ2n) is 3.50. The Balaban J connectivity index is 0.00000144. The summed E-state index contributed by atoms with van der Waals surface area (Å²) in [7, 11) is 0. The summed E-state index contributed by atoms with van der Waals surface area (Å²) in [4.78, 5) is 10.4. The number of anilines is 1. The third-order valence-corrected chi connectivity index (χ3v) is 2.34. The average Bonchev–Trinajstić information content (AvgIpc) is 2.29. The van der Waals surface area contributed by atoms with Crippen molar-refractivity contribution >= 4 is 30.1 Å². The summed E-state index contributed by atoms with van der Waals surface area (Å²) in [5.74, 6) is 0.0342. The minimum absolute atomic E-state index is 0. The van der Waals surface area contributed by atoms with Crippen molar-refractivity contribution in [2.45, 2.75) is 6.42 Å². The molecule has 0 unspecified atom stereocenters.